The molecule has 172 valence electrons. The van der Waals surface area contributed by atoms with E-state index in [2.05, 4.69) is 41.1 Å². The van der Waals surface area contributed by atoms with Gasteiger partial charge < -0.3 is 29.2 Å². The molecule has 2 amide bonds. The lowest BCUT2D eigenvalue weighted by molar-refractivity contribution is -0.122. The van der Waals surface area contributed by atoms with E-state index >= 15 is 0 Å². The van der Waals surface area contributed by atoms with Gasteiger partial charge in [0.2, 0.25) is 11.8 Å². The molecule has 33 heavy (non-hydrogen) atoms. The van der Waals surface area contributed by atoms with Crippen LogP contribution in [0.2, 0.25) is 0 Å². The van der Waals surface area contributed by atoms with Gasteiger partial charge in [-0.3, -0.25) is 9.59 Å². The van der Waals surface area contributed by atoms with Gasteiger partial charge in [0.05, 0.1) is 5.92 Å². The smallest absolute Gasteiger partial charge is 0.229 e. The Balaban J connectivity index is 1.26. The van der Waals surface area contributed by atoms with E-state index in [1.165, 1.54) is 0 Å². The molecule has 5 rings (SSSR count). The van der Waals surface area contributed by atoms with E-state index in [9.17, 15) is 9.59 Å². The maximum atomic E-state index is 12.9. The monoisotopic (exact) mass is 448 g/mol. The van der Waals surface area contributed by atoms with Crippen molar-refractivity contribution in [3.63, 3.8) is 0 Å². The first-order valence-electron chi connectivity index (χ1n) is 11.2. The van der Waals surface area contributed by atoms with Crippen molar-refractivity contribution in [1.82, 2.24) is 9.47 Å². The van der Waals surface area contributed by atoms with Crippen molar-refractivity contribution in [2.24, 2.45) is 5.92 Å². The van der Waals surface area contributed by atoms with Crippen LogP contribution in [0.4, 0.5) is 11.4 Å². The molecule has 2 aromatic carbocycles. The van der Waals surface area contributed by atoms with Crippen LogP contribution in [0.3, 0.4) is 0 Å². The predicted molar refractivity (Wildman–Crippen MR) is 127 cm³/mol. The summed E-state index contributed by atoms with van der Waals surface area (Å²) in [5.74, 6) is 0.684. The number of hydrogen-bond donors (Lipinski definition) is 1. The van der Waals surface area contributed by atoms with E-state index in [-0.39, 0.29) is 18.2 Å². The highest BCUT2D eigenvalue weighted by Gasteiger charge is 2.35. The molecular weight excluding hydrogens is 420 g/mol. The van der Waals surface area contributed by atoms with Gasteiger partial charge in [-0.2, -0.15) is 0 Å². The third-order valence-electron chi connectivity index (χ3n) is 6.16. The molecule has 0 bridgehead atoms. The number of likely N-dealkylation sites (N-methyl/N-ethyl adjacent to an activating group) is 1. The first-order chi connectivity index (χ1) is 16.0. The Hall–Kier alpha value is -3.52. The second-order valence-corrected chi connectivity index (χ2v) is 8.81. The predicted octanol–water partition coefficient (Wildman–Crippen LogP) is 2.97. The van der Waals surface area contributed by atoms with Crippen molar-refractivity contribution in [2.75, 3.05) is 50.6 Å². The molecule has 2 aliphatic rings. The van der Waals surface area contributed by atoms with Crippen LogP contribution < -0.4 is 19.7 Å². The lowest BCUT2D eigenvalue weighted by Gasteiger charge is -2.22. The number of hydrogen-bond acceptors (Lipinski definition) is 5. The Morgan fingerprint density at radius 1 is 1.09 bits per heavy atom. The van der Waals surface area contributed by atoms with Crippen molar-refractivity contribution in [1.29, 1.82) is 0 Å². The fourth-order valence-electron chi connectivity index (χ4n) is 4.36. The third kappa shape index (κ3) is 4.39. The summed E-state index contributed by atoms with van der Waals surface area (Å²) in [6.07, 6.45) is 2.25. The Bertz CT molecular complexity index is 1200. The van der Waals surface area contributed by atoms with Crippen molar-refractivity contribution in [3.05, 3.63) is 48.7 Å². The fraction of sp³-hybridized carbons (Fsp3) is 0.360. The standard InChI is InChI=1S/C25H28N4O4/c1-27(2)9-10-28-8-7-17-13-19(3-5-21(17)28)26-25(31)18-14-24(30)29(16-18)20-4-6-22-23(15-20)33-12-11-32-22/h3-8,13,15,18H,9-12,14,16H2,1-2H3,(H,26,31). The molecule has 0 saturated carbocycles. The molecule has 8 nitrogen and oxygen atoms in total. The van der Waals surface area contributed by atoms with Gasteiger partial charge in [-0.1, -0.05) is 0 Å². The number of anilines is 2. The van der Waals surface area contributed by atoms with Crippen LogP contribution in [-0.4, -0.2) is 61.7 Å². The Labute approximate surface area is 192 Å². The maximum Gasteiger partial charge on any atom is 0.229 e. The van der Waals surface area contributed by atoms with Crippen molar-refractivity contribution in [3.8, 4) is 11.5 Å². The van der Waals surface area contributed by atoms with E-state index in [0.29, 0.717) is 31.3 Å². The van der Waals surface area contributed by atoms with Gasteiger partial charge >= 0.3 is 0 Å². The minimum Gasteiger partial charge on any atom is -0.486 e. The first-order valence-corrected chi connectivity index (χ1v) is 11.2. The number of carbonyl (C=O) groups excluding carboxylic acids is 2. The van der Waals surface area contributed by atoms with E-state index in [0.717, 1.165) is 35.4 Å². The summed E-state index contributed by atoms with van der Waals surface area (Å²) in [6, 6.07) is 13.4. The molecule has 0 aliphatic carbocycles. The van der Waals surface area contributed by atoms with Gasteiger partial charge in [0.25, 0.3) is 0 Å². The van der Waals surface area contributed by atoms with Crippen molar-refractivity contribution >= 4 is 34.1 Å². The number of nitrogens with zero attached hydrogens (tertiary/aromatic N) is 3. The summed E-state index contributed by atoms with van der Waals surface area (Å²) < 4.78 is 13.4. The average Bonchev–Trinajstić information content (AvgIpc) is 3.40. The van der Waals surface area contributed by atoms with Crippen LogP contribution >= 0.6 is 0 Å². The Morgan fingerprint density at radius 3 is 2.73 bits per heavy atom. The summed E-state index contributed by atoms with van der Waals surface area (Å²) in [5.41, 5.74) is 2.60. The molecule has 1 atom stereocenters. The van der Waals surface area contributed by atoms with Gasteiger partial charge in [0, 0.05) is 60.6 Å². The SMILES string of the molecule is CN(C)CCn1ccc2cc(NC(=O)C3CC(=O)N(c4ccc5c(c4)OCCO5)C3)ccc21. The fourth-order valence-corrected chi connectivity index (χ4v) is 4.36. The second-order valence-electron chi connectivity index (χ2n) is 8.81. The number of ether oxygens (including phenoxy) is 2. The molecule has 1 fully saturated rings. The minimum atomic E-state index is -0.411. The summed E-state index contributed by atoms with van der Waals surface area (Å²) in [6.45, 7) is 3.20. The number of fused-ring (bicyclic) bond motifs is 2. The molecule has 1 unspecified atom stereocenters. The lowest BCUT2D eigenvalue weighted by atomic mass is 10.1. The van der Waals surface area contributed by atoms with Crippen molar-refractivity contribution in [2.45, 2.75) is 13.0 Å². The van der Waals surface area contributed by atoms with Gasteiger partial charge in [-0.05, 0) is 50.5 Å². The zero-order chi connectivity index (χ0) is 22.9. The van der Waals surface area contributed by atoms with E-state index in [1.54, 1.807) is 4.90 Å². The zero-order valence-corrected chi connectivity index (χ0v) is 18.9. The number of rotatable bonds is 6. The molecule has 3 aromatic rings. The number of benzene rings is 2. The van der Waals surface area contributed by atoms with Crippen LogP contribution in [0.15, 0.2) is 48.7 Å². The molecule has 3 heterocycles. The van der Waals surface area contributed by atoms with Gasteiger partial charge in [0.1, 0.15) is 13.2 Å². The number of carbonyl (C=O) groups is 2. The number of aromatic nitrogens is 1. The van der Waals surface area contributed by atoms with E-state index < -0.39 is 5.92 Å². The normalized spacial score (nSPS) is 17.7. The van der Waals surface area contributed by atoms with Crippen LogP contribution in [0.5, 0.6) is 11.5 Å². The minimum absolute atomic E-state index is 0.0692. The maximum absolute atomic E-state index is 12.9. The summed E-state index contributed by atoms with van der Waals surface area (Å²) >= 11 is 0. The highest BCUT2D eigenvalue weighted by Crippen LogP contribution is 2.36. The van der Waals surface area contributed by atoms with Crippen LogP contribution in [0, 0.1) is 5.92 Å². The highest BCUT2D eigenvalue weighted by atomic mass is 16.6. The molecule has 0 spiro atoms. The third-order valence-corrected chi connectivity index (χ3v) is 6.16. The van der Waals surface area contributed by atoms with Crippen molar-refractivity contribution < 1.29 is 19.1 Å². The van der Waals surface area contributed by atoms with Gasteiger partial charge in [-0.15, -0.1) is 0 Å². The highest BCUT2D eigenvalue weighted by molar-refractivity contribution is 6.04. The summed E-state index contributed by atoms with van der Waals surface area (Å²) in [5, 5.41) is 4.07. The quantitative estimate of drug-likeness (QED) is 0.628. The molecule has 8 heteroatoms. The molecular formula is C25H28N4O4. The number of nitrogens with one attached hydrogen (secondary N) is 1. The topological polar surface area (TPSA) is 76.0 Å². The van der Waals surface area contributed by atoms with Gasteiger partial charge in [-0.25, -0.2) is 0 Å². The molecule has 2 aliphatic heterocycles. The van der Waals surface area contributed by atoms with Crippen LogP contribution in [-0.2, 0) is 16.1 Å². The first kappa shape index (κ1) is 21.3. The molecule has 1 saturated heterocycles. The molecule has 0 radical (unpaired) electrons. The largest absolute Gasteiger partial charge is 0.486 e. The van der Waals surface area contributed by atoms with E-state index in [4.69, 9.17) is 9.47 Å². The second kappa shape index (κ2) is 8.78. The summed E-state index contributed by atoms with van der Waals surface area (Å²) in [4.78, 5) is 29.4. The van der Waals surface area contributed by atoms with Gasteiger partial charge in [0.15, 0.2) is 11.5 Å². The Kier molecular flexibility index (Phi) is 5.68. The average molecular weight is 449 g/mol. The number of amides is 2. The zero-order valence-electron chi connectivity index (χ0n) is 18.9. The van der Waals surface area contributed by atoms with Crippen LogP contribution in [0.1, 0.15) is 6.42 Å². The molecule has 1 aromatic heterocycles. The van der Waals surface area contributed by atoms with E-state index in [1.807, 2.05) is 36.4 Å². The molecule has 1 N–H and O–H groups in total. The lowest BCUT2D eigenvalue weighted by Crippen LogP contribution is -2.28. The summed E-state index contributed by atoms with van der Waals surface area (Å²) in [7, 11) is 4.12. The Morgan fingerprint density at radius 2 is 1.91 bits per heavy atom. The van der Waals surface area contributed by atoms with Crippen LogP contribution in [0.25, 0.3) is 10.9 Å².